The van der Waals surface area contributed by atoms with Gasteiger partial charge in [-0.2, -0.15) is 0 Å². The Balaban J connectivity index is 1.99. The summed E-state index contributed by atoms with van der Waals surface area (Å²) in [5, 5.41) is 8.87. The molecule has 1 saturated heterocycles. The van der Waals surface area contributed by atoms with Gasteiger partial charge in [-0.1, -0.05) is 0 Å². The van der Waals surface area contributed by atoms with Crippen molar-refractivity contribution in [3.8, 4) is 0 Å². The number of aliphatic hydroxyl groups is 1. The highest BCUT2D eigenvalue weighted by atomic mass is 16.3. The van der Waals surface area contributed by atoms with Crippen molar-refractivity contribution in [3.05, 3.63) is 23.9 Å². The average molecular weight is 235 g/mol. The predicted molar refractivity (Wildman–Crippen MR) is 64.4 cm³/mol. The summed E-state index contributed by atoms with van der Waals surface area (Å²) in [6.45, 7) is 1.67. The van der Waals surface area contributed by atoms with E-state index in [4.69, 9.17) is 10.8 Å². The van der Waals surface area contributed by atoms with Gasteiger partial charge in [0.1, 0.15) is 5.82 Å². The number of nitrogen functional groups attached to an aromatic ring is 1. The second-order valence-electron chi connectivity index (χ2n) is 4.39. The molecule has 1 aliphatic heterocycles. The maximum atomic E-state index is 12.1. The SMILES string of the molecule is Nc1ccc(C(=O)N2CCC(CCO)C2)cn1. The van der Waals surface area contributed by atoms with Crippen molar-refractivity contribution in [2.45, 2.75) is 12.8 Å². The Morgan fingerprint density at radius 3 is 3.06 bits per heavy atom. The largest absolute Gasteiger partial charge is 0.396 e. The molecule has 92 valence electrons. The molecule has 0 aliphatic carbocycles. The molecule has 1 atom stereocenters. The average Bonchev–Trinajstić information content (AvgIpc) is 2.78. The Labute approximate surface area is 100 Å². The Hall–Kier alpha value is -1.62. The topological polar surface area (TPSA) is 79.5 Å². The van der Waals surface area contributed by atoms with Crippen LogP contribution in [0, 0.1) is 5.92 Å². The Kier molecular flexibility index (Phi) is 3.58. The Bertz CT molecular complexity index is 391. The fourth-order valence-electron chi connectivity index (χ4n) is 2.15. The van der Waals surface area contributed by atoms with Crippen LogP contribution in [0.4, 0.5) is 5.82 Å². The van der Waals surface area contributed by atoms with Gasteiger partial charge in [-0.15, -0.1) is 0 Å². The minimum Gasteiger partial charge on any atom is -0.396 e. The highest BCUT2D eigenvalue weighted by Gasteiger charge is 2.26. The first-order chi connectivity index (χ1) is 8.20. The molecule has 0 spiro atoms. The fraction of sp³-hybridized carbons (Fsp3) is 0.500. The number of rotatable bonds is 3. The van der Waals surface area contributed by atoms with Crippen LogP contribution in [0.5, 0.6) is 0 Å². The molecular weight excluding hydrogens is 218 g/mol. The number of amides is 1. The van der Waals surface area contributed by atoms with E-state index in [1.807, 2.05) is 4.90 Å². The van der Waals surface area contributed by atoms with E-state index in [0.717, 1.165) is 25.9 Å². The van der Waals surface area contributed by atoms with Gasteiger partial charge < -0.3 is 15.7 Å². The Morgan fingerprint density at radius 1 is 1.59 bits per heavy atom. The lowest BCUT2D eigenvalue weighted by molar-refractivity contribution is 0.0784. The van der Waals surface area contributed by atoms with Crippen LogP contribution < -0.4 is 5.73 Å². The molecule has 5 nitrogen and oxygen atoms in total. The summed E-state index contributed by atoms with van der Waals surface area (Å²) in [7, 11) is 0. The number of hydrogen-bond acceptors (Lipinski definition) is 4. The van der Waals surface area contributed by atoms with Crippen molar-refractivity contribution in [1.82, 2.24) is 9.88 Å². The Morgan fingerprint density at radius 2 is 2.41 bits per heavy atom. The number of aromatic nitrogens is 1. The number of carbonyl (C=O) groups excluding carboxylic acids is 1. The lowest BCUT2D eigenvalue weighted by Crippen LogP contribution is -2.28. The van der Waals surface area contributed by atoms with E-state index >= 15 is 0 Å². The number of carbonyl (C=O) groups is 1. The minimum atomic E-state index is -0.00191. The van der Waals surface area contributed by atoms with Gasteiger partial charge in [-0.3, -0.25) is 4.79 Å². The molecule has 3 N–H and O–H groups in total. The maximum absolute atomic E-state index is 12.1. The van der Waals surface area contributed by atoms with Crippen molar-refractivity contribution >= 4 is 11.7 Å². The molecule has 1 aliphatic rings. The number of nitrogens with two attached hydrogens (primary N) is 1. The smallest absolute Gasteiger partial charge is 0.255 e. The van der Waals surface area contributed by atoms with Gasteiger partial charge >= 0.3 is 0 Å². The molecular formula is C12H17N3O2. The molecule has 0 bridgehead atoms. The molecule has 0 aromatic carbocycles. The highest BCUT2D eigenvalue weighted by molar-refractivity contribution is 5.94. The number of pyridine rings is 1. The van der Waals surface area contributed by atoms with Crippen LogP contribution in [0.2, 0.25) is 0 Å². The van der Waals surface area contributed by atoms with Crippen LogP contribution >= 0.6 is 0 Å². The second kappa shape index (κ2) is 5.14. The van der Waals surface area contributed by atoms with Crippen LogP contribution in [-0.4, -0.2) is 40.6 Å². The zero-order valence-corrected chi connectivity index (χ0v) is 9.67. The molecule has 5 heteroatoms. The van der Waals surface area contributed by atoms with Crippen LogP contribution in [0.1, 0.15) is 23.2 Å². The van der Waals surface area contributed by atoms with Crippen molar-refractivity contribution in [3.63, 3.8) is 0 Å². The first-order valence-electron chi connectivity index (χ1n) is 5.82. The monoisotopic (exact) mass is 235 g/mol. The van der Waals surface area contributed by atoms with Crippen molar-refractivity contribution in [1.29, 1.82) is 0 Å². The van der Waals surface area contributed by atoms with E-state index in [1.165, 1.54) is 6.20 Å². The van der Waals surface area contributed by atoms with Crippen molar-refractivity contribution < 1.29 is 9.90 Å². The van der Waals surface area contributed by atoms with E-state index in [-0.39, 0.29) is 12.5 Å². The van der Waals surface area contributed by atoms with Gasteiger partial charge in [0.25, 0.3) is 5.91 Å². The summed E-state index contributed by atoms with van der Waals surface area (Å²) in [6.07, 6.45) is 3.25. The summed E-state index contributed by atoms with van der Waals surface area (Å²) in [5.74, 6) is 0.838. The van der Waals surface area contributed by atoms with Gasteiger partial charge in [-0.25, -0.2) is 4.98 Å². The summed E-state index contributed by atoms with van der Waals surface area (Å²) < 4.78 is 0. The zero-order chi connectivity index (χ0) is 12.3. The summed E-state index contributed by atoms with van der Waals surface area (Å²) >= 11 is 0. The summed E-state index contributed by atoms with van der Waals surface area (Å²) in [4.78, 5) is 17.8. The third-order valence-corrected chi connectivity index (χ3v) is 3.14. The van der Waals surface area contributed by atoms with Gasteiger partial charge in [0, 0.05) is 25.9 Å². The standard InChI is InChI=1S/C12H17N3O2/c13-11-2-1-10(7-14-11)12(17)15-5-3-9(8-15)4-6-16/h1-2,7,9,16H,3-6,8H2,(H2,13,14). The van der Waals surface area contributed by atoms with E-state index in [2.05, 4.69) is 4.98 Å². The van der Waals surface area contributed by atoms with Crippen LogP contribution in [0.15, 0.2) is 18.3 Å². The minimum absolute atomic E-state index is 0.00191. The first-order valence-corrected chi connectivity index (χ1v) is 5.82. The number of aliphatic hydroxyl groups excluding tert-OH is 1. The van der Waals surface area contributed by atoms with Crippen molar-refractivity contribution in [2.75, 3.05) is 25.4 Å². The van der Waals surface area contributed by atoms with E-state index in [1.54, 1.807) is 12.1 Å². The summed E-state index contributed by atoms with van der Waals surface area (Å²) in [6, 6.07) is 3.33. The maximum Gasteiger partial charge on any atom is 0.255 e. The van der Waals surface area contributed by atoms with Crippen molar-refractivity contribution in [2.24, 2.45) is 5.92 Å². The van der Waals surface area contributed by atoms with E-state index in [0.29, 0.717) is 17.3 Å². The summed E-state index contributed by atoms with van der Waals surface area (Å²) in [5.41, 5.74) is 6.05. The number of nitrogens with zero attached hydrogens (tertiary/aromatic N) is 2. The van der Waals surface area contributed by atoms with Crippen LogP contribution in [0.25, 0.3) is 0 Å². The van der Waals surface area contributed by atoms with Crippen LogP contribution in [0.3, 0.4) is 0 Å². The molecule has 0 saturated carbocycles. The molecule has 2 heterocycles. The normalized spacial score (nSPS) is 19.6. The van der Waals surface area contributed by atoms with Gasteiger partial charge in [-0.05, 0) is 30.9 Å². The lowest BCUT2D eigenvalue weighted by atomic mass is 10.1. The second-order valence-corrected chi connectivity index (χ2v) is 4.39. The zero-order valence-electron chi connectivity index (χ0n) is 9.67. The molecule has 1 unspecified atom stereocenters. The molecule has 2 rings (SSSR count). The lowest BCUT2D eigenvalue weighted by Gasteiger charge is -2.16. The first kappa shape index (κ1) is 11.9. The molecule has 1 aromatic heterocycles. The molecule has 1 aromatic rings. The van der Waals surface area contributed by atoms with E-state index in [9.17, 15) is 4.79 Å². The van der Waals surface area contributed by atoms with Gasteiger partial charge in [0.05, 0.1) is 5.56 Å². The molecule has 1 fully saturated rings. The number of anilines is 1. The van der Waals surface area contributed by atoms with Gasteiger partial charge in [0.2, 0.25) is 0 Å². The molecule has 0 radical (unpaired) electrons. The number of hydrogen-bond donors (Lipinski definition) is 2. The third-order valence-electron chi connectivity index (χ3n) is 3.14. The fourth-order valence-corrected chi connectivity index (χ4v) is 2.15. The molecule has 1 amide bonds. The van der Waals surface area contributed by atoms with Crippen LogP contribution in [-0.2, 0) is 0 Å². The van der Waals surface area contributed by atoms with E-state index < -0.39 is 0 Å². The predicted octanol–water partition coefficient (Wildman–Crippen LogP) is 0.508. The quantitative estimate of drug-likeness (QED) is 0.800. The third kappa shape index (κ3) is 2.74. The van der Waals surface area contributed by atoms with Gasteiger partial charge in [0.15, 0.2) is 0 Å². The number of likely N-dealkylation sites (tertiary alicyclic amines) is 1. The highest BCUT2D eigenvalue weighted by Crippen LogP contribution is 2.21. The molecule has 17 heavy (non-hydrogen) atoms.